The van der Waals surface area contributed by atoms with E-state index in [-0.39, 0.29) is 17.7 Å². The summed E-state index contributed by atoms with van der Waals surface area (Å²) in [5.74, 6) is 1.92. The molecule has 0 aromatic carbocycles. The number of amides is 1. The third-order valence-electron chi connectivity index (χ3n) is 3.25. The van der Waals surface area contributed by atoms with Gasteiger partial charge in [0.05, 0.1) is 6.04 Å². The van der Waals surface area contributed by atoms with E-state index >= 15 is 0 Å². The van der Waals surface area contributed by atoms with Gasteiger partial charge in [-0.25, -0.2) is 4.79 Å². The Hall–Kier alpha value is -0.420. The van der Waals surface area contributed by atoms with Crippen molar-refractivity contribution in [3.05, 3.63) is 0 Å². The Labute approximate surface area is 107 Å². The van der Waals surface area contributed by atoms with Gasteiger partial charge in [-0.2, -0.15) is 11.8 Å². The zero-order chi connectivity index (χ0) is 12.7. The van der Waals surface area contributed by atoms with Crippen LogP contribution in [0.4, 0.5) is 4.79 Å². The second kappa shape index (κ2) is 4.35. The fourth-order valence-electron chi connectivity index (χ4n) is 2.10. The third-order valence-corrected chi connectivity index (χ3v) is 4.27. The Balaban J connectivity index is 2.03. The summed E-state index contributed by atoms with van der Waals surface area (Å²) in [4.78, 5) is 14.0. The number of hydrogen-bond acceptors (Lipinski definition) is 4. The molecule has 1 saturated carbocycles. The van der Waals surface area contributed by atoms with Gasteiger partial charge >= 0.3 is 6.09 Å². The molecule has 2 rings (SSSR count). The molecule has 2 N–H and O–H groups in total. The maximum atomic E-state index is 12.1. The second-order valence-corrected chi connectivity index (χ2v) is 7.15. The van der Waals surface area contributed by atoms with Gasteiger partial charge in [0.1, 0.15) is 5.60 Å². The molecule has 1 amide bonds. The molecule has 2 aliphatic rings. The van der Waals surface area contributed by atoms with E-state index in [1.54, 1.807) is 0 Å². The SMILES string of the molecule is CC(C)(C)OC(=O)N1CCSCC1C1(N)CC1. The van der Waals surface area contributed by atoms with E-state index < -0.39 is 5.60 Å². The van der Waals surface area contributed by atoms with Crippen molar-refractivity contribution in [1.29, 1.82) is 0 Å². The van der Waals surface area contributed by atoms with Gasteiger partial charge in [0.15, 0.2) is 0 Å². The molecular formula is C12H22N2O2S. The Bertz CT molecular complexity index is 310. The predicted molar refractivity (Wildman–Crippen MR) is 70.2 cm³/mol. The van der Waals surface area contributed by atoms with Crippen molar-refractivity contribution in [2.75, 3.05) is 18.1 Å². The smallest absolute Gasteiger partial charge is 0.410 e. The lowest BCUT2D eigenvalue weighted by molar-refractivity contribution is 0.0154. The fourth-order valence-corrected chi connectivity index (χ4v) is 3.32. The van der Waals surface area contributed by atoms with Crippen LogP contribution in [0.15, 0.2) is 0 Å². The summed E-state index contributed by atoms with van der Waals surface area (Å²) in [5.41, 5.74) is 5.67. The molecule has 1 atom stereocenters. The number of nitrogens with two attached hydrogens (primary N) is 1. The Kier molecular flexibility index (Phi) is 3.34. The lowest BCUT2D eigenvalue weighted by Gasteiger charge is -2.39. The van der Waals surface area contributed by atoms with Crippen LogP contribution in [0.25, 0.3) is 0 Å². The highest BCUT2D eigenvalue weighted by molar-refractivity contribution is 7.99. The van der Waals surface area contributed by atoms with E-state index in [1.165, 1.54) is 0 Å². The summed E-state index contributed by atoms with van der Waals surface area (Å²) in [6.07, 6.45) is 1.84. The summed E-state index contributed by atoms with van der Waals surface area (Å²) < 4.78 is 5.45. The van der Waals surface area contributed by atoms with Crippen LogP contribution < -0.4 is 5.73 Å². The van der Waals surface area contributed by atoms with Gasteiger partial charge in [-0.3, -0.25) is 0 Å². The van der Waals surface area contributed by atoms with Crippen molar-refractivity contribution in [1.82, 2.24) is 4.90 Å². The van der Waals surface area contributed by atoms with Crippen LogP contribution in [0.5, 0.6) is 0 Å². The minimum atomic E-state index is -0.433. The van der Waals surface area contributed by atoms with Gasteiger partial charge in [-0.15, -0.1) is 0 Å². The van der Waals surface area contributed by atoms with Crippen LogP contribution in [0.1, 0.15) is 33.6 Å². The van der Waals surface area contributed by atoms with Crippen LogP contribution in [0.3, 0.4) is 0 Å². The number of hydrogen-bond donors (Lipinski definition) is 1. The zero-order valence-corrected chi connectivity index (χ0v) is 11.7. The molecule has 4 nitrogen and oxygen atoms in total. The minimum Gasteiger partial charge on any atom is -0.444 e. The molecule has 5 heteroatoms. The average Bonchev–Trinajstić information content (AvgIpc) is 2.95. The molecule has 0 aromatic heterocycles. The van der Waals surface area contributed by atoms with Crippen LogP contribution in [0.2, 0.25) is 0 Å². The normalized spacial score (nSPS) is 27.8. The Morgan fingerprint density at radius 1 is 1.47 bits per heavy atom. The summed E-state index contributed by atoms with van der Waals surface area (Å²) >= 11 is 1.88. The van der Waals surface area contributed by atoms with Crippen molar-refractivity contribution in [2.24, 2.45) is 5.73 Å². The lowest BCUT2D eigenvalue weighted by Crippen LogP contribution is -2.57. The molecule has 17 heavy (non-hydrogen) atoms. The standard InChI is InChI=1S/C12H22N2O2S/c1-11(2,3)16-10(15)14-6-7-17-8-9(14)12(13)4-5-12/h9H,4-8,13H2,1-3H3. The average molecular weight is 258 g/mol. The monoisotopic (exact) mass is 258 g/mol. The molecule has 0 bridgehead atoms. The Morgan fingerprint density at radius 2 is 2.12 bits per heavy atom. The van der Waals surface area contributed by atoms with E-state index in [2.05, 4.69) is 0 Å². The number of ether oxygens (including phenoxy) is 1. The highest BCUT2D eigenvalue weighted by Gasteiger charge is 2.50. The number of carbonyl (C=O) groups is 1. The Morgan fingerprint density at radius 3 is 2.65 bits per heavy atom. The molecule has 1 saturated heterocycles. The number of carbonyl (C=O) groups excluding carboxylic acids is 1. The molecule has 2 fully saturated rings. The molecule has 1 aliphatic carbocycles. The van der Waals surface area contributed by atoms with Crippen molar-refractivity contribution in [2.45, 2.75) is 50.8 Å². The quantitative estimate of drug-likeness (QED) is 0.779. The van der Waals surface area contributed by atoms with Crippen LogP contribution in [0, 0.1) is 0 Å². The number of thioether (sulfide) groups is 1. The topological polar surface area (TPSA) is 55.6 Å². The fraction of sp³-hybridized carbons (Fsp3) is 0.917. The van der Waals surface area contributed by atoms with E-state index in [1.807, 2.05) is 37.4 Å². The van der Waals surface area contributed by atoms with Gasteiger partial charge < -0.3 is 15.4 Å². The maximum Gasteiger partial charge on any atom is 0.410 e. The van der Waals surface area contributed by atoms with Crippen molar-refractivity contribution in [3.8, 4) is 0 Å². The lowest BCUT2D eigenvalue weighted by atomic mass is 10.1. The van der Waals surface area contributed by atoms with Crippen molar-refractivity contribution >= 4 is 17.9 Å². The molecule has 0 spiro atoms. The minimum absolute atomic E-state index is 0.148. The van der Waals surface area contributed by atoms with Gasteiger partial charge in [-0.05, 0) is 33.6 Å². The second-order valence-electron chi connectivity index (χ2n) is 6.00. The van der Waals surface area contributed by atoms with Crippen LogP contribution in [-0.2, 0) is 4.74 Å². The van der Waals surface area contributed by atoms with Gasteiger partial charge in [0, 0.05) is 23.6 Å². The van der Waals surface area contributed by atoms with Gasteiger partial charge in [0.2, 0.25) is 0 Å². The van der Waals surface area contributed by atoms with E-state index in [0.717, 1.165) is 30.9 Å². The molecule has 0 radical (unpaired) electrons. The molecule has 1 aliphatic heterocycles. The van der Waals surface area contributed by atoms with E-state index in [9.17, 15) is 4.79 Å². The first kappa shape index (κ1) is 13.0. The number of nitrogens with zero attached hydrogens (tertiary/aromatic N) is 1. The van der Waals surface area contributed by atoms with Gasteiger partial charge in [-0.1, -0.05) is 0 Å². The zero-order valence-electron chi connectivity index (χ0n) is 10.9. The van der Waals surface area contributed by atoms with Crippen molar-refractivity contribution < 1.29 is 9.53 Å². The highest BCUT2D eigenvalue weighted by atomic mass is 32.2. The third kappa shape index (κ3) is 3.07. The van der Waals surface area contributed by atoms with E-state index in [4.69, 9.17) is 10.5 Å². The first-order valence-electron chi connectivity index (χ1n) is 6.18. The molecular weight excluding hydrogens is 236 g/mol. The summed E-state index contributed by atoms with van der Waals surface area (Å²) in [7, 11) is 0. The summed E-state index contributed by atoms with van der Waals surface area (Å²) in [5, 5.41) is 0. The van der Waals surface area contributed by atoms with Crippen molar-refractivity contribution in [3.63, 3.8) is 0 Å². The molecule has 0 aromatic rings. The number of rotatable bonds is 1. The van der Waals surface area contributed by atoms with Crippen LogP contribution >= 0.6 is 11.8 Å². The van der Waals surface area contributed by atoms with Gasteiger partial charge in [0.25, 0.3) is 0 Å². The molecule has 98 valence electrons. The first-order chi connectivity index (χ1) is 7.82. The highest BCUT2D eigenvalue weighted by Crippen LogP contribution is 2.41. The molecule has 1 heterocycles. The first-order valence-corrected chi connectivity index (χ1v) is 7.34. The summed E-state index contributed by atoms with van der Waals surface area (Å²) in [6.45, 7) is 6.44. The molecule has 1 unspecified atom stereocenters. The predicted octanol–water partition coefficient (Wildman–Crippen LogP) is 1.83. The summed E-state index contributed by atoms with van der Waals surface area (Å²) in [6, 6.07) is 0.149. The maximum absolute atomic E-state index is 12.1. The van der Waals surface area contributed by atoms with E-state index in [0.29, 0.717) is 0 Å². The largest absolute Gasteiger partial charge is 0.444 e. The van der Waals surface area contributed by atoms with Crippen LogP contribution in [-0.4, -0.2) is 46.2 Å².